The van der Waals surface area contributed by atoms with Gasteiger partial charge in [-0.25, -0.2) is 12.8 Å². The summed E-state index contributed by atoms with van der Waals surface area (Å²) < 4.78 is 42.6. The molecule has 0 heterocycles. The largest absolute Gasteiger partial charge is 0.355 e. The zero-order chi connectivity index (χ0) is 31.9. The number of benzene rings is 4. The van der Waals surface area contributed by atoms with Gasteiger partial charge in [0.1, 0.15) is 18.4 Å². The monoisotopic (exact) mass is 655 g/mol. The van der Waals surface area contributed by atoms with Gasteiger partial charge in [0, 0.05) is 29.6 Å². The molecule has 0 aliphatic carbocycles. The third-order valence-electron chi connectivity index (χ3n) is 6.98. The Morgan fingerprint density at radius 2 is 1.57 bits per heavy atom. The number of carbonyl (C=O) groups is 2. The number of rotatable bonds is 12. The highest BCUT2D eigenvalue weighted by Crippen LogP contribution is 2.27. The van der Waals surface area contributed by atoms with Crippen LogP contribution in [-0.2, 0) is 32.6 Å². The Morgan fingerprint density at radius 3 is 2.18 bits per heavy atom. The second-order valence-corrected chi connectivity index (χ2v) is 12.9. The fourth-order valence-corrected chi connectivity index (χ4v) is 6.54. The molecule has 4 rings (SSSR count). The average molecular weight is 657 g/mol. The molecule has 0 aromatic heterocycles. The lowest BCUT2D eigenvalue weighted by molar-refractivity contribution is -0.140. The quantitative estimate of drug-likeness (QED) is 0.191. The van der Waals surface area contributed by atoms with Crippen LogP contribution < -0.4 is 9.62 Å². The van der Waals surface area contributed by atoms with E-state index in [2.05, 4.69) is 5.32 Å². The fourth-order valence-electron chi connectivity index (χ4n) is 4.65. The summed E-state index contributed by atoms with van der Waals surface area (Å²) in [6, 6.07) is 24.1. The average Bonchev–Trinajstić information content (AvgIpc) is 3.00. The van der Waals surface area contributed by atoms with Crippen molar-refractivity contribution in [3.8, 4) is 0 Å². The maximum atomic E-state index is 14.4. The molecule has 2 amide bonds. The van der Waals surface area contributed by atoms with Crippen LogP contribution >= 0.6 is 23.2 Å². The van der Waals surface area contributed by atoms with Gasteiger partial charge in [0.05, 0.1) is 10.6 Å². The van der Waals surface area contributed by atoms with Gasteiger partial charge in [0.2, 0.25) is 11.8 Å². The van der Waals surface area contributed by atoms with Crippen LogP contribution in [0.25, 0.3) is 0 Å². The molecule has 4 aromatic rings. The fraction of sp³-hybridized carbons (Fsp3) is 0.212. The molecule has 4 aromatic carbocycles. The number of amides is 2. The number of carbonyl (C=O) groups excluding carboxylic acids is 2. The van der Waals surface area contributed by atoms with Gasteiger partial charge in [0.15, 0.2) is 0 Å². The van der Waals surface area contributed by atoms with E-state index < -0.39 is 40.2 Å². The van der Waals surface area contributed by atoms with Crippen LogP contribution in [0, 0.1) is 12.7 Å². The molecule has 0 unspecified atom stereocenters. The van der Waals surface area contributed by atoms with Crippen molar-refractivity contribution in [1.29, 1.82) is 0 Å². The minimum atomic E-state index is -4.34. The first-order valence-electron chi connectivity index (χ1n) is 13.9. The van der Waals surface area contributed by atoms with Gasteiger partial charge in [-0.3, -0.25) is 13.9 Å². The lowest BCUT2D eigenvalue weighted by atomic mass is 10.0. The van der Waals surface area contributed by atoms with Crippen molar-refractivity contribution in [3.63, 3.8) is 0 Å². The Kier molecular flexibility index (Phi) is 11.0. The van der Waals surface area contributed by atoms with Crippen LogP contribution in [0.2, 0.25) is 10.0 Å². The molecule has 44 heavy (non-hydrogen) atoms. The van der Waals surface area contributed by atoms with Gasteiger partial charge in [-0.2, -0.15) is 0 Å². The normalized spacial score (nSPS) is 11.9. The van der Waals surface area contributed by atoms with E-state index in [-0.39, 0.29) is 23.5 Å². The first-order valence-corrected chi connectivity index (χ1v) is 16.1. The number of hydrogen-bond donors (Lipinski definition) is 1. The molecule has 230 valence electrons. The predicted molar refractivity (Wildman–Crippen MR) is 172 cm³/mol. The highest BCUT2D eigenvalue weighted by atomic mass is 35.5. The summed E-state index contributed by atoms with van der Waals surface area (Å²) in [5.74, 6) is -1.65. The maximum absolute atomic E-state index is 14.4. The Labute approximate surface area is 267 Å². The highest BCUT2D eigenvalue weighted by molar-refractivity contribution is 7.92. The number of nitrogens with one attached hydrogen (secondary N) is 1. The van der Waals surface area contributed by atoms with Crippen LogP contribution in [0.4, 0.5) is 10.1 Å². The summed E-state index contributed by atoms with van der Waals surface area (Å²) >= 11 is 12.6. The molecule has 1 atom stereocenters. The van der Waals surface area contributed by atoms with Gasteiger partial charge >= 0.3 is 0 Å². The number of anilines is 1. The van der Waals surface area contributed by atoms with E-state index in [1.807, 2.05) is 37.3 Å². The summed E-state index contributed by atoms with van der Waals surface area (Å²) in [7, 11) is -4.34. The third-order valence-corrected chi connectivity index (χ3v) is 9.36. The number of likely N-dealkylation sites (N-methyl/N-ethyl adjacent to an activating group) is 1. The van der Waals surface area contributed by atoms with E-state index in [1.165, 1.54) is 11.0 Å². The van der Waals surface area contributed by atoms with Crippen molar-refractivity contribution in [2.24, 2.45) is 0 Å². The number of sulfonamides is 1. The van der Waals surface area contributed by atoms with E-state index in [4.69, 9.17) is 23.2 Å². The minimum Gasteiger partial charge on any atom is -0.355 e. The van der Waals surface area contributed by atoms with Crippen molar-refractivity contribution in [3.05, 3.63) is 130 Å². The molecule has 1 N–H and O–H groups in total. The lowest BCUT2D eigenvalue weighted by Gasteiger charge is -2.34. The number of hydrogen-bond acceptors (Lipinski definition) is 4. The zero-order valence-electron chi connectivity index (χ0n) is 24.2. The summed E-state index contributed by atoms with van der Waals surface area (Å²) in [4.78, 5) is 29.1. The standard InChI is InChI=1S/C33H32Cl2FN3O4S/c1-3-37-33(41)31(19-24-7-5-4-6-8-24)38(21-25-11-12-26(34)20-30(25)35)32(40)22-39(28-15-9-23(2)10-16-28)44(42,43)29-17-13-27(36)14-18-29/h4-18,20,31H,3,19,21-22H2,1-2H3,(H,37,41)/t31-/m1/s1. The Hall–Kier alpha value is -3.92. The molecule has 0 fully saturated rings. The van der Waals surface area contributed by atoms with E-state index >= 15 is 0 Å². The topological polar surface area (TPSA) is 86.8 Å². The number of aryl methyl sites for hydroxylation is 1. The molecule has 0 saturated heterocycles. The first kappa shape index (κ1) is 33.0. The molecule has 0 radical (unpaired) electrons. The van der Waals surface area contributed by atoms with Crippen LogP contribution in [0.1, 0.15) is 23.6 Å². The molecule has 0 aliphatic heterocycles. The van der Waals surface area contributed by atoms with E-state index in [1.54, 1.807) is 43.3 Å². The Morgan fingerprint density at radius 1 is 0.909 bits per heavy atom. The summed E-state index contributed by atoms with van der Waals surface area (Å²) in [6.45, 7) is 3.21. The highest BCUT2D eigenvalue weighted by Gasteiger charge is 2.34. The molecule has 0 aliphatic rings. The van der Waals surface area contributed by atoms with Crippen molar-refractivity contribution in [1.82, 2.24) is 10.2 Å². The smallest absolute Gasteiger partial charge is 0.264 e. The van der Waals surface area contributed by atoms with Gasteiger partial charge in [-0.15, -0.1) is 0 Å². The summed E-state index contributed by atoms with van der Waals surface area (Å²) in [5.41, 5.74) is 2.45. The molecular formula is C33H32Cl2FN3O4S. The number of nitrogens with zero attached hydrogens (tertiary/aromatic N) is 2. The SMILES string of the molecule is CCNC(=O)[C@@H](Cc1ccccc1)N(Cc1ccc(Cl)cc1Cl)C(=O)CN(c1ccc(C)cc1)S(=O)(=O)c1ccc(F)cc1. The van der Waals surface area contributed by atoms with Crippen molar-refractivity contribution >= 4 is 50.7 Å². The predicted octanol–water partition coefficient (Wildman–Crippen LogP) is 6.41. The van der Waals surface area contributed by atoms with Crippen LogP contribution in [-0.4, -0.2) is 44.3 Å². The van der Waals surface area contributed by atoms with Gasteiger partial charge < -0.3 is 10.2 Å². The van der Waals surface area contributed by atoms with Gasteiger partial charge in [-0.1, -0.05) is 77.3 Å². The Bertz CT molecular complexity index is 1700. The zero-order valence-corrected chi connectivity index (χ0v) is 26.5. The van der Waals surface area contributed by atoms with Crippen molar-refractivity contribution in [2.75, 3.05) is 17.4 Å². The molecule has 0 saturated carbocycles. The summed E-state index contributed by atoms with van der Waals surface area (Å²) in [6.07, 6.45) is 0.166. The maximum Gasteiger partial charge on any atom is 0.264 e. The first-order chi connectivity index (χ1) is 21.0. The molecule has 11 heteroatoms. The van der Waals surface area contributed by atoms with Gasteiger partial charge in [0.25, 0.3) is 10.0 Å². The van der Waals surface area contributed by atoms with Crippen molar-refractivity contribution < 1.29 is 22.4 Å². The van der Waals surface area contributed by atoms with Crippen LogP contribution in [0.3, 0.4) is 0 Å². The molecule has 0 spiro atoms. The van der Waals surface area contributed by atoms with E-state index in [0.29, 0.717) is 22.2 Å². The molecular weight excluding hydrogens is 624 g/mol. The molecule has 7 nitrogen and oxygen atoms in total. The Balaban J connectivity index is 1.81. The third kappa shape index (κ3) is 8.16. The van der Waals surface area contributed by atoms with E-state index in [0.717, 1.165) is 39.7 Å². The second-order valence-electron chi connectivity index (χ2n) is 10.2. The minimum absolute atomic E-state index is 0.0954. The van der Waals surface area contributed by atoms with E-state index in [9.17, 15) is 22.4 Å². The number of halogens is 3. The van der Waals surface area contributed by atoms with Gasteiger partial charge in [-0.05, 0) is 73.5 Å². The van der Waals surface area contributed by atoms with Crippen LogP contribution in [0.15, 0.2) is 102 Å². The molecule has 0 bridgehead atoms. The summed E-state index contributed by atoms with van der Waals surface area (Å²) in [5, 5.41) is 3.50. The van der Waals surface area contributed by atoms with Crippen molar-refractivity contribution in [2.45, 2.75) is 37.8 Å². The second kappa shape index (κ2) is 14.7. The lowest BCUT2D eigenvalue weighted by Crippen LogP contribution is -2.53. The van der Waals surface area contributed by atoms with Crippen LogP contribution in [0.5, 0.6) is 0 Å².